The third-order valence-electron chi connectivity index (χ3n) is 1.89. The molecule has 2 nitrogen and oxygen atoms in total. The molecule has 1 radical (unpaired) electrons. The summed E-state index contributed by atoms with van der Waals surface area (Å²) in [4.78, 5) is 0. The van der Waals surface area contributed by atoms with Crippen molar-refractivity contribution in [2.45, 2.75) is 26.7 Å². The van der Waals surface area contributed by atoms with Gasteiger partial charge in [-0.25, -0.2) is 0 Å². The van der Waals surface area contributed by atoms with E-state index in [0.717, 1.165) is 18.8 Å². The molecule has 0 rings (SSSR count). The van der Waals surface area contributed by atoms with Crippen LogP contribution in [-0.4, -0.2) is 23.4 Å². The van der Waals surface area contributed by atoms with Crippen LogP contribution in [0.3, 0.4) is 0 Å². The summed E-state index contributed by atoms with van der Waals surface area (Å²) < 4.78 is 0. The molecule has 0 aromatic rings. The number of aliphatic hydroxyl groups is 2. The van der Waals surface area contributed by atoms with Crippen LogP contribution in [-0.2, 0) is 0 Å². The van der Waals surface area contributed by atoms with Crippen molar-refractivity contribution in [1.82, 2.24) is 0 Å². The Morgan fingerprint density at radius 2 is 2.00 bits per heavy atom. The van der Waals surface area contributed by atoms with Crippen LogP contribution in [0.5, 0.6) is 0 Å². The third kappa shape index (κ3) is 3.85. The van der Waals surface area contributed by atoms with Crippen molar-refractivity contribution in [3.8, 4) is 0 Å². The molecule has 0 aromatic carbocycles. The SMILES string of the molecule is C[C](CO)C(C)CCCO. The van der Waals surface area contributed by atoms with Crippen molar-refractivity contribution in [1.29, 1.82) is 0 Å². The van der Waals surface area contributed by atoms with E-state index in [2.05, 4.69) is 6.92 Å². The monoisotopic (exact) mass is 145 g/mol. The highest BCUT2D eigenvalue weighted by molar-refractivity contribution is 4.88. The molecule has 1 unspecified atom stereocenters. The summed E-state index contributed by atoms with van der Waals surface area (Å²) in [6.07, 6.45) is 1.81. The first-order valence-electron chi connectivity index (χ1n) is 3.76. The second kappa shape index (κ2) is 5.69. The maximum atomic E-state index is 8.70. The van der Waals surface area contributed by atoms with E-state index in [0.29, 0.717) is 5.92 Å². The first-order valence-corrected chi connectivity index (χ1v) is 3.76. The maximum absolute atomic E-state index is 8.70. The molecule has 0 spiro atoms. The van der Waals surface area contributed by atoms with E-state index >= 15 is 0 Å². The number of aliphatic hydroxyl groups excluding tert-OH is 2. The van der Waals surface area contributed by atoms with E-state index in [1.54, 1.807) is 0 Å². The third-order valence-corrected chi connectivity index (χ3v) is 1.89. The molecule has 1 atom stereocenters. The number of rotatable bonds is 5. The summed E-state index contributed by atoms with van der Waals surface area (Å²) in [5.41, 5.74) is 0. The fraction of sp³-hybridized carbons (Fsp3) is 0.875. The van der Waals surface area contributed by atoms with Crippen LogP contribution in [0.1, 0.15) is 26.7 Å². The highest BCUT2D eigenvalue weighted by Gasteiger charge is 2.10. The Kier molecular flexibility index (Phi) is 5.64. The molecule has 0 fully saturated rings. The van der Waals surface area contributed by atoms with Gasteiger partial charge in [0.2, 0.25) is 0 Å². The van der Waals surface area contributed by atoms with Gasteiger partial charge >= 0.3 is 0 Å². The molecule has 0 aliphatic carbocycles. The van der Waals surface area contributed by atoms with E-state index in [1.165, 1.54) is 0 Å². The lowest BCUT2D eigenvalue weighted by atomic mass is 9.92. The van der Waals surface area contributed by atoms with E-state index < -0.39 is 0 Å². The zero-order valence-corrected chi connectivity index (χ0v) is 6.80. The largest absolute Gasteiger partial charge is 0.396 e. The minimum atomic E-state index is 0.173. The van der Waals surface area contributed by atoms with E-state index in [9.17, 15) is 0 Å². The first kappa shape index (κ1) is 9.92. The highest BCUT2D eigenvalue weighted by Crippen LogP contribution is 2.17. The Morgan fingerprint density at radius 3 is 2.40 bits per heavy atom. The van der Waals surface area contributed by atoms with Gasteiger partial charge in [0.25, 0.3) is 0 Å². The maximum Gasteiger partial charge on any atom is 0.0493 e. The molecule has 0 aliphatic rings. The van der Waals surface area contributed by atoms with Crippen molar-refractivity contribution >= 4 is 0 Å². The van der Waals surface area contributed by atoms with Crippen molar-refractivity contribution in [2.75, 3.05) is 13.2 Å². The summed E-state index contributed by atoms with van der Waals surface area (Å²) >= 11 is 0. The average molecular weight is 145 g/mol. The zero-order valence-electron chi connectivity index (χ0n) is 6.80. The Balaban J connectivity index is 3.31. The van der Waals surface area contributed by atoms with Gasteiger partial charge in [0, 0.05) is 19.1 Å². The molecule has 0 saturated carbocycles. The van der Waals surface area contributed by atoms with Crippen LogP contribution >= 0.6 is 0 Å². The molecular weight excluding hydrogens is 128 g/mol. The normalized spacial score (nSPS) is 14.1. The second-order valence-electron chi connectivity index (χ2n) is 2.77. The van der Waals surface area contributed by atoms with Gasteiger partial charge in [-0.3, -0.25) is 0 Å². The molecule has 0 aromatic heterocycles. The topological polar surface area (TPSA) is 40.5 Å². The summed E-state index contributed by atoms with van der Waals surface area (Å²) in [5.74, 6) is 1.55. The van der Waals surface area contributed by atoms with Gasteiger partial charge in [0.05, 0.1) is 0 Å². The molecule has 10 heavy (non-hydrogen) atoms. The van der Waals surface area contributed by atoms with E-state index in [1.807, 2.05) is 6.92 Å². The lowest BCUT2D eigenvalue weighted by Gasteiger charge is -2.15. The predicted octanol–water partition coefficient (Wildman–Crippen LogP) is 0.982. The van der Waals surface area contributed by atoms with Crippen molar-refractivity contribution in [3.63, 3.8) is 0 Å². The van der Waals surface area contributed by atoms with Crippen molar-refractivity contribution in [2.24, 2.45) is 5.92 Å². The molecule has 0 heterocycles. The van der Waals surface area contributed by atoms with Crippen molar-refractivity contribution in [3.05, 3.63) is 5.92 Å². The Bertz CT molecular complexity index is 73.7. The quantitative estimate of drug-likeness (QED) is 0.605. The van der Waals surface area contributed by atoms with Gasteiger partial charge in [0.15, 0.2) is 0 Å². The van der Waals surface area contributed by atoms with Gasteiger partial charge in [-0.05, 0) is 18.8 Å². The van der Waals surface area contributed by atoms with Crippen LogP contribution < -0.4 is 0 Å². The summed E-state index contributed by atoms with van der Waals surface area (Å²) in [7, 11) is 0. The second-order valence-corrected chi connectivity index (χ2v) is 2.77. The molecule has 61 valence electrons. The molecular formula is C8H17O2. The minimum absolute atomic E-state index is 0.173. The lowest BCUT2D eigenvalue weighted by Crippen LogP contribution is -2.10. The summed E-state index contributed by atoms with van der Waals surface area (Å²) in [6.45, 7) is 4.44. The fourth-order valence-corrected chi connectivity index (χ4v) is 0.800. The summed E-state index contributed by atoms with van der Waals surface area (Å²) in [6, 6.07) is 0. The van der Waals surface area contributed by atoms with Crippen LogP contribution in [0.25, 0.3) is 0 Å². The Morgan fingerprint density at radius 1 is 1.40 bits per heavy atom. The molecule has 0 saturated heterocycles. The van der Waals surface area contributed by atoms with Gasteiger partial charge in [0.1, 0.15) is 0 Å². The molecule has 2 N–H and O–H groups in total. The summed E-state index contributed by atoms with van der Waals surface area (Å²) in [5, 5.41) is 17.2. The smallest absolute Gasteiger partial charge is 0.0493 e. The molecule has 0 aliphatic heterocycles. The predicted molar refractivity (Wildman–Crippen MR) is 41.5 cm³/mol. The Hall–Kier alpha value is -0.0800. The van der Waals surface area contributed by atoms with Crippen LogP contribution in [0.15, 0.2) is 0 Å². The average Bonchev–Trinajstić information content (AvgIpc) is 1.98. The zero-order chi connectivity index (χ0) is 7.98. The standard InChI is InChI=1S/C8H17O2/c1-7(4-3-5-9)8(2)6-10/h7,9-10H,3-6H2,1-2H3. The van der Waals surface area contributed by atoms with Gasteiger partial charge in [-0.2, -0.15) is 0 Å². The van der Waals surface area contributed by atoms with Gasteiger partial charge in [-0.1, -0.05) is 13.8 Å². The van der Waals surface area contributed by atoms with Crippen molar-refractivity contribution < 1.29 is 10.2 Å². The number of hydrogen-bond acceptors (Lipinski definition) is 2. The van der Waals surface area contributed by atoms with Crippen LogP contribution in [0.2, 0.25) is 0 Å². The lowest BCUT2D eigenvalue weighted by molar-refractivity contribution is 0.256. The van der Waals surface area contributed by atoms with Crippen LogP contribution in [0, 0.1) is 11.8 Å². The van der Waals surface area contributed by atoms with Gasteiger partial charge in [-0.15, -0.1) is 0 Å². The molecule has 0 amide bonds. The first-order chi connectivity index (χ1) is 4.72. The number of hydrogen-bond donors (Lipinski definition) is 2. The van der Waals surface area contributed by atoms with Crippen LogP contribution in [0.4, 0.5) is 0 Å². The molecule has 0 bridgehead atoms. The highest BCUT2D eigenvalue weighted by atomic mass is 16.3. The van der Waals surface area contributed by atoms with E-state index in [4.69, 9.17) is 10.2 Å². The fourth-order valence-electron chi connectivity index (χ4n) is 0.800. The molecule has 2 heteroatoms. The Labute approximate surface area is 62.9 Å². The minimum Gasteiger partial charge on any atom is -0.396 e. The van der Waals surface area contributed by atoms with E-state index in [-0.39, 0.29) is 13.2 Å². The van der Waals surface area contributed by atoms with Gasteiger partial charge < -0.3 is 10.2 Å².